The van der Waals surface area contributed by atoms with Gasteiger partial charge in [0, 0.05) is 22.4 Å². The Morgan fingerprint density at radius 3 is 2.88 bits per heavy atom. The molecular formula is C19H19IN4O2. The minimum absolute atomic E-state index is 0.0141. The van der Waals surface area contributed by atoms with E-state index in [-0.39, 0.29) is 12.0 Å². The molecule has 0 saturated heterocycles. The van der Waals surface area contributed by atoms with E-state index >= 15 is 0 Å². The van der Waals surface area contributed by atoms with Gasteiger partial charge >= 0.3 is 0 Å². The number of halogens is 1. The summed E-state index contributed by atoms with van der Waals surface area (Å²) in [4.78, 5) is 19.4. The number of hydrogen-bond acceptors (Lipinski definition) is 4. The Morgan fingerprint density at radius 2 is 2.12 bits per heavy atom. The molecule has 3 aromatic rings. The summed E-state index contributed by atoms with van der Waals surface area (Å²) in [6.07, 6.45) is 3.89. The van der Waals surface area contributed by atoms with Gasteiger partial charge in [-0.3, -0.25) is 4.79 Å². The Labute approximate surface area is 165 Å². The third-order valence-corrected chi connectivity index (χ3v) is 5.20. The number of amides is 1. The first-order valence-corrected chi connectivity index (χ1v) is 10.1. The van der Waals surface area contributed by atoms with Crippen molar-refractivity contribution < 1.29 is 9.53 Å². The Kier molecular flexibility index (Phi) is 4.56. The molecule has 2 aromatic heterocycles. The molecule has 134 valence electrons. The van der Waals surface area contributed by atoms with Crippen molar-refractivity contribution in [1.29, 1.82) is 0 Å². The third kappa shape index (κ3) is 3.04. The predicted octanol–water partition coefficient (Wildman–Crippen LogP) is 3.61. The molecule has 1 aliphatic heterocycles. The number of alkyl halides is 1. The third-order valence-electron chi connectivity index (χ3n) is 4.32. The number of benzene rings is 1. The second-order valence-electron chi connectivity index (χ2n) is 6.61. The molecule has 0 spiro atoms. The van der Waals surface area contributed by atoms with E-state index in [4.69, 9.17) is 4.74 Å². The van der Waals surface area contributed by atoms with Crippen molar-refractivity contribution in [3.8, 4) is 5.75 Å². The molecule has 0 N–H and O–H groups in total. The van der Waals surface area contributed by atoms with E-state index in [1.54, 1.807) is 4.90 Å². The molecule has 3 heterocycles. The highest BCUT2D eigenvalue weighted by molar-refractivity contribution is 14.1. The number of carbonyl (C=O) groups is 1. The van der Waals surface area contributed by atoms with Crippen molar-refractivity contribution in [2.75, 3.05) is 0 Å². The number of rotatable bonds is 4. The maximum atomic E-state index is 13.0. The van der Waals surface area contributed by atoms with Crippen LogP contribution in [0.4, 0.5) is 0 Å². The Balaban J connectivity index is 1.61. The second-order valence-corrected chi connectivity index (χ2v) is 7.38. The fourth-order valence-corrected chi connectivity index (χ4v) is 3.56. The lowest BCUT2D eigenvalue weighted by Crippen LogP contribution is -2.26. The quantitative estimate of drug-likeness (QED) is 0.439. The van der Waals surface area contributed by atoms with Crippen LogP contribution in [0.3, 0.4) is 0 Å². The van der Waals surface area contributed by atoms with Gasteiger partial charge in [-0.1, -0.05) is 34.7 Å². The van der Waals surface area contributed by atoms with Gasteiger partial charge in [0.25, 0.3) is 5.91 Å². The average Bonchev–Trinajstić information content (AvgIpc) is 3.18. The summed E-state index contributed by atoms with van der Waals surface area (Å²) in [5.74, 6) is 0.581. The maximum Gasteiger partial charge on any atom is 0.258 e. The zero-order valence-electron chi connectivity index (χ0n) is 14.6. The number of fused-ring (bicyclic) bond motifs is 3. The van der Waals surface area contributed by atoms with Crippen molar-refractivity contribution in [2.24, 2.45) is 0 Å². The van der Waals surface area contributed by atoms with Crippen molar-refractivity contribution in [2.45, 2.75) is 37.5 Å². The van der Waals surface area contributed by atoms with Crippen molar-refractivity contribution >= 4 is 34.1 Å². The smallest absolute Gasteiger partial charge is 0.258 e. The predicted molar refractivity (Wildman–Crippen MR) is 106 cm³/mol. The first-order chi connectivity index (χ1) is 12.6. The average molecular weight is 462 g/mol. The molecule has 0 fully saturated rings. The van der Waals surface area contributed by atoms with Crippen LogP contribution >= 0.6 is 22.6 Å². The molecule has 4 rings (SSSR count). The summed E-state index contributed by atoms with van der Waals surface area (Å²) in [5.41, 5.74) is 4.49. The van der Waals surface area contributed by atoms with E-state index in [1.165, 1.54) is 0 Å². The molecule has 1 amide bonds. The van der Waals surface area contributed by atoms with E-state index in [1.807, 2.05) is 55.0 Å². The summed E-state index contributed by atoms with van der Waals surface area (Å²) in [6.45, 7) is 4.92. The second kappa shape index (κ2) is 6.86. The molecule has 7 heteroatoms. The van der Waals surface area contributed by atoms with Gasteiger partial charge in [0.2, 0.25) is 0 Å². The zero-order chi connectivity index (χ0) is 18.3. The van der Waals surface area contributed by atoms with E-state index in [9.17, 15) is 4.79 Å². The molecule has 1 aliphatic rings. The molecule has 0 aliphatic carbocycles. The number of para-hydroxylation sites is 1. The Morgan fingerprint density at radius 1 is 1.31 bits per heavy atom. The normalized spacial score (nSPS) is 13.5. The number of carbonyl (C=O) groups excluding carboxylic acids is 1. The van der Waals surface area contributed by atoms with Crippen LogP contribution in [-0.4, -0.2) is 31.5 Å². The monoisotopic (exact) mass is 462 g/mol. The highest BCUT2D eigenvalue weighted by Gasteiger charge is 2.30. The standard InChI is InChI=1S/C19H19IN4O2/c1-12(2)26-17-6-4-3-5-14(17)19(25)23-10-15-16(11-23)22-24-9-13(7-20)8-21-18(15)24/h3-6,8-9,12H,7,10-11H2,1-2H3. The fourth-order valence-electron chi connectivity index (χ4n) is 3.17. The van der Waals surface area contributed by atoms with Gasteiger partial charge in [-0.25, -0.2) is 9.50 Å². The number of hydrogen-bond donors (Lipinski definition) is 0. The van der Waals surface area contributed by atoms with Crippen LogP contribution in [0, 0.1) is 0 Å². The van der Waals surface area contributed by atoms with Crippen molar-refractivity contribution in [1.82, 2.24) is 19.5 Å². The number of aromatic nitrogens is 3. The van der Waals surface area contributed by atoms with Crippen LogP contribution in [0.25, 0.3) is 5.65 Å². The minimum atomic E-state index is -0.0405. The zero-order valence-corrected chi connectivity index (χ0v) is 16.8. The van der Waals surface area contributed by atoms with Crippen LogP contribution in [0.5, 0.6) is 5.75 Å². The van der Waals surface area contributed by atoms with Crippen LogP contribution in [-0.2, 0) is 17.5 Å². The minimum Gasteiger partial charge on any atom is -0.490 e. The van der Waals surface area contributed by atoms with Gasteiger partial charge in [-0.2, -0.15) is 5.10 Å². The molecule has 0 unspecified atom stereocenters. The van der Waals surface area contributed by atoms with Gasteiger partial charge < -0.3 is 9.64 Å². The lowest BCUT2D eigenvalue weighted by Gasteiger charge is -2.19. The van der Waals surface area contributed by atoms with Crippen LogP contribution in [0.15, 0.2) is 36.7 Å². The molecule has 0 radical (unpaired) electrons. The number of nitrogens with zero attached hydrogens (tertiary/aromatic N) is 4. The molecule has 0 atom stereocenters. The van der Waals surface area contributed by atoms with E-state index in [0.29, 0.717) is 24.4 Å². The SMILES string of the molecule is CC(C)Oc1ccccc1C(=O)N1Cc2nn3cc(CI)cnc3c2C1. The summed E-state index contributed by atoms with van der Waals surface area (Å²) >= 11 is 2.31. The van der Waals surface area contributed by atoms with Crippen molar-refractivity contribution in [3.63, 3.8) is 0 Å². The summed E-state index contributed by atoms with van der Waals surface area (Å²) in [7, 11) is 0. The van der Waals surface area contributed by atoms with Crippen LogP contribution < -0.4 is 4.74 Å². The van der Waals surface area contributed by atoms with Gasteiger partial charge in [0.05, 0.1) is 30.5 Å². The first-order valence-electron chi connectivity index (χ1n) is 8.52. The summed E-state index contributed by atoms with van der Waals surface area (Å²) < 4.78 is 8.52. The molecule has 26 heavy (non-hydrogen) atoms. The molecule has 0 bridgehead atoms. The van der Waals surface area contributed by atoms with Crippen molar-refractivity contribution in [3.05, 3.63) is 59.0 Å². The largest absolute Gasteiger partial charge is 0.490 e. The highest BCUT2D eigenvalue weighted by Crippen LogP contribution is 2.29. The topological polar surface area (TPSA) is 59.7 Å². The van der Waals surface area contributed by atoms with Crippen LogP contribution in [0.1, 0.15) is 41.0 Å². The first kappa shape index (κ1) is 17.3. The molecule has 1 aromatic carbocycles. The lowest BCUT2D eigenvalue weighted by molar-refractivity contribution is 0.0743. The Hall–Kier alpha value is -2.16. The maximum absolute atomic E-state index is 13.0. The van der Waals surface area contributed by atoms with E-state index in [2.05, 4.69) is 32.7 Å². The fraction of sp³-hybridized carbons (Fsp3) is 0.316. The van der Waals surface area contributed by atoms with Gasteiger partial charge in [-0.05, 0) is 31.5 Å². The lowest BCUT2D eigenvalue weighted by atomic mass is 10.1. The van der Waals surface area contributed by atoms with Gasteiger partial charge in [0.15, 0.2) is 5.65 Å². The molecular weight excluding hydrogens is 443 g/mol. The summed E-state index contributed by atoms with van der Waals surface area (Å²) in [6, 6.07) is 7.40. The molecule has 0 saturated carbocycles. The summed E-state index contributed by atoms with van der Waals surface area (Å²) in [5, 5.41) is 4.62. The van der Waals surface area contributed by atoms with Crippen LogP contribution in [0.2, 0.25) is 0 Å². The highest BCUT2D eigenvalue weighted by atomic mass is 127. The van der Waals surface area contributed by atoms with Gasteiger partial charge in [0.1, 0.15) is 5.75 Å². The van der Waals surface area contributed by atoms with E-state index in [0.717, 1.165) is 26.9 Å². The molecule has 6 nitrogen and oxygen atoms in total. The van der Waals surface area contributed by atoms with Gasteiger partial charge in [-0.15, -0.1) is 0 Å². The number of ether oxygens (including phenoxy) is 1. The Bertz CT molecular complexity index is 983. The van der Waals surface area contributed by atoms with E-state index < -0.39 is 0 Å².